The van der Waals surface area contributed by atoms with Gasteiger partial charge in [0, 0.05) is 0 Å². The van der Waals surface area contributed by atoms with Gasteiger partial charge in [0.2, 0.25) is 0 Å². The van der Waals surface area contributed by atoms with Crippen LogP contribution in [0.3, 0.4) is 0 Å². The van der Waals surface area contributed by atoms with Crippen LogP contribution >= 0.6 is 0 Å². The predicted molar refractivity (Wildman–Crippen MR) is 63.2 cm³/mol. The highest BCUT2D eigenvalue weighted by Crippen LogP contribution is 2.08. The maximum atomic E-state index is 11.1. The van der Waals surface area contributed by atoms with Gasteiger partial charge < -0.3 is 9.47 Å². The van der Waals surface area contributed by atoms with E-state index in [1.54, 1.807) is 0 Å². The number of ether oxygens (including phenoxy) is 2. The van der Waals surface area contributed by atoms with E-state index in [0.29, 0.717) is 13.2 Å². The molecule has 92 valence electrons. The average molecular weight is 226 g/mol. The lowest BCUT2D eigenvalue weighted by Gasteiger charge is -2.04. The summed E-state index contributed by atoms with van der Waals surface area (Å²) in [6, 6.07) is 0. The van der Waals surface area contributed by atoms with Gasteiger partial charge in [-0.2, -0.15) is 0 Å². The van der Waals surface area contributed by atoms with Gasteiger partial charge in [-0.3, -0.25) is 0 Å². The summed E-state index contributed by atoms with van der Waals surface area (Å²) < 4.78 is 10.2. The Bertz CT molecular complexity index is 211. The molecular formula is C13H22O3. The monoisotopic (exact) mass is 226 g/mol. The summed E-state index contributed by atoms with van der Waals surface area (Å²) in [5.41, 5.74) is 0. The van der Waals surface area contributed by atoms with Gasteiger partial charge in [-0.1, -0.05) is 37.8 Å². The van der Waals surface area contributed by atoms with Crippen LogP contribution in [0.4, 0.5) is 0 Å². The van der Waals surface area contributed by atoms with Crippen LogP contribution in [-0.2, 0) is 14.3 Å². The third-order valence-corrected chi connectivity index (χ3v) is 2.63. The molecule has 0 saturated carbocycles. The molecule has 1 heterocycles. The minimum atomic E-state index is -0.247. The summed E-state index contributed by atoms with van der Waals surface area (Å²) in [4.78, 5) is 11.1. The quantitative estimate of drug-likeness (QED) is 0.470. The van der Waals surface area contributed by atoms with Crippen LogP contribution in [0.25, 0.3) is 0 Å². The molecule has 3 nitrogen and oxygen atoms in total. The van der Waals surface area contributed by atoms with E-state index in [1.165, 1.54) is 25.7 Å². The average Bonchev–Trinajstić information content (AvgIpc) is 2.29. The zero-order valence-electron chi connectivity index (χ0n) is 9.95. The molecule has 3 heteroatoms. The SMILES string of the molecule is O=C1COCC=CCCCCCCCCO1. The second-order valence-corrected chi connectivity index (χ2v) is 4.12. The highest BCUT2D eigenvalue weighted by Gasteiger charge is 2.01. The maximum Gasteiger partial charge on any atom is 0.332 e. The Hall–Kier alpha value is -0.830. The zero-order chi connectivity index (χ0) is 11.5. The molecule has 1 aliphatic rings. The molecule has 0 unspecified atom stereocenters. The molecule has 0 aromatic carbocycles. The summed E-state index contributed by atoms with van der Waals surface area (Å²) in [6.07, 6.45) is 12.5. The first-order valence-corrected chi connectivity index (χ1v) is 6.28. The van der Waals surface area contributed by atoms with Crippen LogP contribution in [0.2, 0.25) is 0 Å². The summed E-state index contributed by atoms with van der Waals surface area (Å²) >= 11 is 0. The van der Waals surface area contributed by atoms with Crippen molar-refractivity contribution in [2.75, 3.05) is 19.8 Å². The van der Waals surface area contributed by atoms with Gasteiger partial charge in [0.05, 0.1) is 13.2 Å². The minimum absolute atomic E-state index is 0.0737. The van der Waals surface area contributed by atoms with Crippen molar-refractivity contribution in [3.05, 3.63) is 12.2 Å². The number of esters is 1. The maximum absolute atomic E-state index is 11.1. The number of allylic oxidation sites excluding steroid dienone is 1. The van der Waals surface area contributed by atoms with Crippen LogP contribution in [-0.4, -0.2) is 25.8 Å². The normalized spacial score (nSPS) is 21.9. The number of hydrogen-bond donors (Lipinski definition) is 0. The fourth-order valence-electron chi connectivity index (χ4n) is 1.70. The second-order valence-electron chi connectivity index (χ2n) is 4.12. The largest absolute Gasteiger partial charge is 0.464 e. The summed E-state index contributed by atoms with van der Waals surface area (Å²) in [5, 5.41) is 0. The molecule has 0 saturated heterocycles. The molecule has 0 aliphatic carbocycles. The van der Waals surface area contributed by atoms with Crippen LogP contribution in [0.15, 0.2) is 12.2 Å². The van der Waals surface area contributed by atoms with Crippen LogP contribution in [0.1, 0.15) is 44.9 Å². The molecule has 0 atom stereocenters. The Kier molecular flexibility index (Phi) is 7.78. The molecule has 0 bridgehead atoms. The van der Waals surface area contributed by atoms with Crippen LogP contribution < -0.4 is 0 Å². The summed E-state index contributed by atoms with van der Waals surface area (Å²) in [7, 11) is 0. The van der Waals surface area contributed by atoms with Crippen molar-refractivity contribution in [3.63, 3.8) is 0 Å². The molecule has 1 rings (SSSR count). The Morgan fingerprint density at radius 1 is 0.938 bits per heavy atom. The first-order chi connectivity index (χ1) is 7.89. The van der Waals surface area contributed by atoms with Gasteiger partial charge in [-0.05, 0) is 19.3 Å². The van der Waals surface area contributed by atoms with E-state index in [-0.39, 0.29) is 12.6 Å². The molecule has 0 N–H and O–H groups in total. The lowest BCUT2D eigenvalue weighted by atomic mass is 10.1. The Labute approximate surface area is 97.8 Å². The highest BCUT2D eigenvalue weighted by molar-refractivity contribution is 5.70. The van der Waals surface area contributed by atoms with E-state index in [9.17, 15) is 4.79 Å². The lowest BCUT2D eigenvalue weighted by Crippen LogP contribution is -2.13. The molecule has 0 amide bonds. The fourth-order valence-corrected chi connectivity index (χ4v) is 1.70. The Balaban J connectivity index is 2.20. The van der Waals surface area contributed by atoms with Crippen molar-refractivity contribution in [1.29, 1.82) is 0 Å². The van der Waals surface area contributed by atoms with E-state index in [0.717, 1.165) is 19.3 Å². The van der Waals surface area contributed by atoms with Gasteiger partial charge in [0.1, 0.15) is 6.61 Å². The third kappa shape index (κ3) is 7.46. The molecule has 0 aromatic heterocycles. The molecule has 0 aromatic rings. The fraction of sp³-hybridized carbons (Fsp3) is 0.769. The van der Waals surface area contributed by atoms with E-state index in [4.69, 9.17) is 9.47 Å². The second kappa shape index (κ2) is 9.40. The molecular weight excluding hydrogens is 204 g/mol. The molecule has 0 radical (unpaired) electrons. The summed E-state index contributed by atoms with van der Waals surface area (Å²) in [6.45, 7) is 1.12. The van der Waals surface area contributed by atoms with Crippen molar-refractivity contribution >= 4 is 5.97 Å². The Morgan fingerprint density at radius 2 is 1.69 bits per heavy atom. The predicted octanol–water partition coefficient (Wildman–Crippen LogP) is 2.85. The van der Waals surface area contributed by atoms with Gasteiger partial charge in [-0.15, -0.1) is 0 Å². The van der Waals surface area contributed by atoms with E-state index in [1.807, 2.05) is 6.08 Å². The smallest absolute Gasteiger partial charge is 0.332 e. The van der Waals surface area contributed by atoms with Gasteiger partial charge >= 0.3 is 5.97 Å². The molecule has 1 aliphatic heterocycles. The van der Waals surface area contributed by atoms with Crippen molar-refractivity contribution in [2.45, 2.75) is 44.9 Å². The molecule has 16 heavy (non-hydrogen) atoms. The van der Waals surface area contributed by atoms with Crippen molar-refractivity contribution in [1.82, 2.24) is 0 Å². The lowest BCUT2D eigenvalue weighted by molar-refractivity contribution is -0.148. The van der Waals surface area contributed by atoms with Crippen LogP contribution in [0.5, 0.6) is 0 Å². The minimum Gasteiger partial charge on any atom is -0.464 e. The number of carbonyl (C=O) groups is 1. The van der Waals surface area contributed by atoms with Crippen molar-refractivity contribution < 1.29 is 14.3 Å². The first kappa shape index (κ1) is 13.2. The van der Waals surface area contributed by atoms with E-state index >= 15 is 0 Å². The van der Waals surface area contributed by atoms with E-state index in [2.05, 4.69) is 6.08 Å². The number of hydrogen-bond acceptors (Lipinski definition) is 3. The third-order valence-electron chi connectivity index (χ3n) is 2.63. The molecule has 0 spiro atoms. The van der Waals surface area contributed by atoms with Gasteiger partial charge in [0.15, 0.2) is 0 Å². The van der Waals surface area contributed by atoms with Gasteiger partial charge in [0.25, 0.3) is 0 Å². The number of rotatable bonds is 0. The topological polar surface area (TPSA) is 35.5 Å². The van der Waals surface area contributed by atoms with E-state index < -0.39 is 0 Å². The zero-order valence-corrected chi connectivity index (χ0v) is 9.95. The Morgan fingerprint density at radius 3 is 2.56 bits per heavy atom. The van der Waals surface area contributed by atoms with Crippen molar-refractivity contribution in [3.8, 4) is 0 Å². The van der Waals surface area contributed by atoms with Gasteiger partial charge in [-0.25, -0.2) is 4.79 Å². The first-order valence-electron chi connectivity index (χ1n) is 6.28. The number of cyclic esters (lactones) is 1. The standard InChI is InChI=1S/C13H22O3/c14-13-12-15-10-8-6-4-2-1-3-5-7-9-11-16-13/h6,8H,1-5,7,9-12H2. The summed E-state index contributed by atoms with van der Waals surface area (Å²) in [5.74, 6) is -0.247. The highest BCUT2D eigenvalue weighted by atomic mass is 16.6. The number of carbonyl (C=O) groups excluding carboxylic acids is 1. The van der Waals surface area contributed by atoms with Crippen LogP contribution in [0, 0.1) is 0 Å². The molecule has 0 fully saturated rings. The van der Waals surface area contributed by atoms with Crippen molar-refractivity contribution in [2.24, 2.45) is 0 Å².